The third-order valence-corrected chi connectivity index (χ3v) is 4.77. The molecule has 0 fully saturated rings. The number of fused-ring (bicyclic) bond motifs is 1. The van der Waals surface area contributed by atoms with E-state index in [-0.39, 0.29) is 12.0 Å². The number of carbonyl (C=O) groups excluding carboxylic acids is 1. The molecule has 3 aromatic rings. The molecule has 1 aromatic heterocycles. The fourth-order valence-electron chi connectivity index (χ4n) is 2.12. The van der Waals surface area contributed by atoms with Crippen molar-refractivity contribution in [1.29, 1.82) is 0 Å². The molecule has 1 atom stereocenters. The molecule has 0 spiro atoms. The van der Waals surface area contributed by atoms with Gasteiger partial charge in [-0.05, 0) is 55.8 Å². The molecule has 1 unspecified atom stereocenters. The Kier molecular flexibility index (Phi) is 5.02. The summed E-state index contributed by atoms with van der Waals surface area (Å²) in [6.07, 6.45) is 1.09. The van der Waals surface area contributed by atoms with Crippen molar-refractivity contribution in [3.63, 3.8) is 0 Å². The summed E-state index contributed by atoms with van der Waals surface area (Å²) >= 11 is 7.37. The average molecular weight is 361 g/mol. The molecule has 0 bridgehead atoms. The van der Waals surface area contributed by atoms with Gasteiger partial charge in [0, 0.05) is 10.6 Å². The fraction of sp³-hybridized carbons (Fsp3) is 0.222. The van der Waals surface area contributed by atoms with Gasteiger partial charge in [-0.3, -0.25) is 10.1 Å². The molecule has 1 N–H and O–H groups in total. The maximum absolute atomic E-state index is 12.3. The summed E-state index contributed by atoms with van der Waals surface area (Å²) in [6.45, 7) is 4.08. The Labute approximate surface area is 149 Å². The second-order valence-electron chi connectivity index (χ2n) is 5.45. The summed E-state index contributed by atoms with van der Waals surface area (Å²) in [5.74, 6) is 0.561. The highest BCUT2D eigenvalue weighted by Gasteiger charge is 2.11. The van der Waals surface area contributed by atoms with Gasteiger partial charge in [0.05, 0.1) is 16.3 Å². The van der Waals surface area contributed by atoms with Gasteiger partial charge in [0.2, 0.25) is 0 Å². The van der Waals surface area contributed by atoms with E-state index in [4.69, 9.17) is 16.3 Å². The van der Waals surface area contributed by atoms with Crippen molar-refractivity contribution in [3.05, 3.63) is 53.1 Å². The lowest BCUT2D eigenvalue weighted by Gasteiger charge is -2.12. The molecule has 1 heterocycles. The lowest BCUT2D eigenvalue weighted by molar-refractivity contribution is 0.102. The molecule has 0 aliphatic carbocycles. The molecule has 0 radical (unpaired) electrons. The van der Waals surface area contributed by atoms with Crippen molar-refractivity contribution in [3.8, 4) is 5.75 Å². The zero-order chi connectivity index (χ0) is 17.1. The number of hydrogen-bond donors (Lipinski definition) is 1. The van der Waals surface area contributed by atoms with Crippen molar-refractivity contribution in [1.82, 2.24) is 4.98 Å². The third kappa shape index (κ3) is 3.86. The molecular weight excluding hydrogens is 344 g/mol. The van der Waals surface area contributed by atoms with Crippen LogP contribution in [0, 0.1) is 0 Å². The van der Waals surface area contributed by atoms with Crippen LogP contribution in [0.4, 0.5) is 5.13 Å². The van der Waals surface area contributed by atoms with Crippen molar-refractivity contribution >= 4 is 44.2 Å². The Morgan fingerprint density at radius 3 is 2.75 bits per heavy atom. The molecule has 0 aliphatic rings. The van der Waals surface area contributed by atoms with Gasteiger partial charge in [0.15, 0.2) is 5.13 Å². The van der Waals surface area contributed by atoms with Crippen LogP contribution in [0.3, 0.4) is 0 Å². The van der Waals surface area contributed by atoms with Crippen molar-refractivity contribution < 1.29 is 9.53 Å². The smallest absolute Gasteiger partial charge is 0.257 e. The zero-order valence-corrected chi connectivity index (χ0v) is 14.9. The van der Waals surface area contributed by atoms with E-state index in [9.17, 15) is 4.79 Å². The molecule has 1 amide bonds. The van der Waals surface area contributed by atoms with Gasteiger partial charge in [-0.15, -0.1) is 0 Å². The molecule has 2 aromatic carbocycles. The molecule has 3 rings (SSSR count). The summed E-state index contributed by atoms with van der Waals surface area (Å²) in [6, 6.07) is 12.6. The van der Waals surface area contributed by atoms with Crippen LogP contribution in [-0.2, 0) is 0 Å². The molecule has 0 saturated heterocycles. The second-order valence-corrected chi connectivity index (χ2v) is 6.91. The van der Waals surface area contributed by atoms with E-state index in [2.05, 4.69) is 17.2 Å². The first kappa shape index (κ1) is 16.7. The zero-order valence-electron chi connectivity index (χ0n) is 13.4. The van der Waals surface area contributed by atoms with Gasteiger partial charge < -0.3 is 4.74 Å². The number of halogens is 1. The van der Waals surface area contributed by atoms with Crippen LogP contribution in [-0.4, -0.2) is 17.0 Å². The van der Waals surface area contributed by atoms with Gasteiger partial charge in [-0.2, -0.15) is 0 Å². The topological polar surface area (TPSA) is 51.2 Å². The van der Waals surface area contributed by atoms with E-state index < -0.39 is 0 Å². The van der Waals surface area contributed by atoms with Gasteiger partial charge in [-0.25, -0.2) is 4.98 Å². The van der Waals surface area contributed by atoms with Gasteiger partial charge in [-0.1, -0.05) is 29.9 Å². The number of hydrogen-bond acceptors (Lipinski definition) is 4. The highest BCUT2D eigenvalue weighted by atomic mass is 35.5. The van der Waals surface area contributed by atoms with Crippen LogP contribution in [0.1, 0.15) is 30.6 Å². The number of anilines is 1. The molecule has 6 heteroatoms. The maximum atomic E-state index is 12.3. The Balaban J connectivity index is 1.71. The van der Waals surface area contributed by atoms with E-state index in [0.29, 0.717) is 15.7 Å². The second kappa shape index (κ2) is 7.20. The van der Waals surface area contributed by atoms with E-state index in [1.165, 1.54) is 11.3 Å². The van der Waals surface area contributed by atoms with Crippen LogP contribution in [0.15, 0.2) is 42.5 Å². The summed E-state index contributed by atoms with van der Waals surface area (Å²) in [5.41, 5.74) is 1.38. The summed E-state index contributed by atoms with van der Waals surface area (Å²) < 4.78 is 6.65. The molecule has 24 heavy (non-hydrogen) atoms. The van der Waals surface area contributed by atoms with Crippen LogP contribution >= 0.6 is 22.9 Å². The maximum Gasteiger partial charge on any atom is 0.257 e. The highest BCUT2D eigenvalue weighted by molar-refractivity contribution is 7.22. The Hall–Kier alpha value is -2.11. The first-order valence-electron chi connectivity index (χ1n) is 7.69. The highest BCUT2D eigenvalue weighted by Crippen LogP contribution is 2.28. The van der Waals surface area contributed by atoms with E-state index in [1.807, 2.05) is 19.1 Å². The molecule has 4 nitrogen and oxygen atoms in total. The number of amides is 1. The number of thiazole rings is 1. The van der Waals surface area contributed by atoms with Crippen molar-refractivity contribution in [2.75, 3.05) is 5.32 Å². The number of aromatic nitrogens is 1. The van der Waals surface area contributed by atoms with Gasteiger partial charge in [0.1, 0.15) is 5.75 Å². The molecule has 0 aliphatic heterocycles. The first-order valence-corrected chi connectivity index (χ1v) is 8.88. The van der Waals surface area contributed by atoms with Crippen LogP contribution in [0.25, 0.3) is 10.2 Å². The lowest BCUT2D eigenvalue weighted by Crippen LogP contribution is -2.12. The number of carbonyl (C=O) groups is 1. The Bertz CT molecular complexity index is 861. The minimum absolute atomic E-state index is 0.152. The predicted octanol–water partition coefficient (Wildman–Crippen LogP) is 5.38. The van der Waals surface area contributed by atoms with Gasteiger partial charge in [0.25, 0.3) is 5.91 Å². The lowest BCUT2D eigenvalue weighted by atomic mass is 10.2. The summed E-state index contributed by atoms with van der Waals surface area (Å²) in [4.78, 5) is 16.7. The summed E-state index contributed by atoms with van der Waals surface area (Å²) in [5, 5.41) is 4.03. The molecular formula is C18H17ClN2O2S. The predicted molar refractivity (Wildman–Crippen MR) is 99.4 cm³/mol. The average Bonchev–Trinajstić information content (AvgIpc) is 2.96. The van der Waals surface area contributed by atoms with Crippen LogP contribution in [0.2, 0.25) is 5.02 Å². The molecule has 0 saturated carbocycles. The van der Waals surface area contributed by atoms with E-state index >= 15 is 0 Å². The minimum atomic E-state index is -0.199. The minimum Gasteiger partial charge on any atom is -0.491 e. The molecule has 124 valence electrons. The number of benzene rings is 2. The van der Waals surface area contributed by atoms with E-state index in [0.717, 1.165) is 22.4 Å². The fourth-order valence-corrected chi connectivity index (χ4v) is 3.26. The van der Waals surface area contributed by atoms with Crippen molar-refractivity contribution in [2.24, 2.45) is 0 Å². The van der Waals surface area contributed by atoms with Crippen molar-refractivity contribution in [2.45, 2.75) is 26.4 Å². The number of rotatable bonds is 5. The quantitative estimate of drug-likeness (QED) is 0.664. The number of nitrogens with one attached hydrogen (secondary N) is 1. The Morgan fingerprint density at radius 2 is 2.04 bits per heavy atom. The van der Waals surface area contributed by atoms with E-state index in [1.54, 1.807) is 30.3 Å². The van der Waals surface area contributed by atoms with Crippen LogP contribution < -0.4 is 10.1 Å². The largest absolute Gasteiger partial charge is 0.491 e. The number of ether oxygens (including phenoxy) is 1. The standard InChI is InChI=1S/C18H17ClN2O2S/c1-3-11(2)23-14-7-4-12(5-8-14)17(22)21-18-20-15-9-6-13(19)10-16(15)24-18/h4-11H,3H2,1-2H3,(H,20,21,22). The normalized spacial score (nSPS) is 12.1. The monoisotopic (exact) mass is 360 g/mol. The third-order valence-electron chi connectivity index (χ3n) is 3.60. The first-order chi connectivity index (χ1) is 11.5. The SMILES string of the molecule is CCC(C)Oc1ccc(C(=O)Nc2nc3ccc(Cl)cc3s2)cc1. The Morgan fingerprint density at radius 1 is 1.29 bits per heavy atom. The summed E-state index contributed by atoms with van der Waals surface area (Å²) in [7, 11) is 0. The number of nitrogens with zero attached hydrogens (tertiary/aromatic N) is 1. The van der Waals surface area contributed by atoms with Crippen LogP contribution in [0.5, 0.6) is 5.75 Å². The van der Waals surface area contributed by atoms with Gasteiger partial charge >= 0.3 is 0 Å².